The van der Waals surface area contributed by atoms with Crippen molar-refractivity contribution in [2.45, 2.75) is 31.8 Å². The number of aryl methyl sites for hydroxylation is 2. The fraction of sp³-hybridized carbons (Fsp3) is 0.333. The Bertz CT molecular complexity index is 1060. The van der Waals surface area contributed by atoms with E-state index in [9.17, 15) is 9.59 Å². The van der Waals surface area contributed by atoms with Crippen LogP contribution >= 0.6 is 11.6 Å². The molecule has 1 aliphatic heterocycles. The number of amides is 1. The molecule has 3 aromatic rings. The Balaban J connectivity index is 1.56. The number of nitrogens with one attached hydrogen (secondary N) is 1. The summed E-state index contributed by atoms with van der Waals surface area (Å²) in [6, 6.07) is 7.08. The zero-order valence-electron chi connectivity index (χ0n) is 14.3. The van der Waals surface area contributed by atoms with Gasteiger partial charge in [0.25, 0.3) is 5.91 Å². The highest BCUT2D eigenvalue weighted by Crippen LogP contribution is 2.25. The van der Waals surface area contributed by atoms with Gasteiger partial charge in [-0.1, -0.05) is 17.7 Å². The molecule has 4 rings (SSSR count). The molecule has 0 radical (unpaired) electrons. The van der Waals surface area contributed by atoms with Gasteiger partial charge >= 0.3 is 5.69 Å². The van der Waals surface area contributed by atoms with Crippen molar-refractivity contribution < 1.29 is 4.79 Å². The lowest BCUT2D eigenvalue weighted by atomic mass is 10.1. The van der Waals surface area contributed by atoms with Crippen molar-refractivity contribution in [3.05, 3.63) is 57.4 Å². The van der Waals surface area contributed by atoms with Crippen LogP contribution in [-0.2, 0) is 20.0 Å². The lowest BCUT2D eigenvalue weighted by Gasteiger charge is -2.17. The molecule has 0 bridgehead atoms. The summed E-state index contributed by atoms with van der Waals surface area (Å²) in [5, 5.41) is 8.46. The van der Waals surface area contributed by atoms with Gasteiger partial charge in [0.05, 0.1) is 16.1 Å². The molecule has 1 aromatic carbocycles. The second kappa shape index (κ2) is 6.57. The fourth-order valence-electron chi connectivity index (χ4n) is 3.46. The van der Waals surface area contributed by atoms with Crippen molar-refractivity contribution in [1.29, 1.82) is 0 Å². The van der Waals surface area contributed by atoms with Crippen LogP contribution in [0.15, 0.2) is 35.3 Å². The molecule has 8 heteroatoms. The van der Waals surface area contributed by atoms with Crippen LogP contribution in [0.25, 0.3) is 10.9 Å². The highest BCUT2D eigenvalue weighted by Gasteiger charge is 2.23. The molecule has 0 saturated carbocycles. The molecular weight excluding hydrogens is 354 g/mol. The maximum Gasteiger partial charge on any atom is 0.345 e. The number of fused-ring (bicyclic) bond motifs is 2. The van der Waals surface area contributed by atoms with Crippen LogP contribution < -0.4 is 11.0 Å². The van der Waals surface area contributed by atoms with Gasteiger partial charge in [-0.2, -0.15) is 5.10 Å². The largest absolute Gasteiger partial charge is 0.349 e. The molecule has 2 aromatic heterocycles. The van der Waals surface area contributed by atoms with E-state index in [1.165, 1.54) is 4.68 Å². The minimum atomic E-state index is -0.217. The van der Waals surface area contributed by atoms with Gasteiger partial charge in [-0.15, -0.1) is 0 Å². The SMILES string of the molecule is Cn1nc2n(c1=O)CCC(NC(=O)c1c(Cl)ccc3ncccc13)CC2. The predicted molar refractivity (Wildman–Crippen MR) is 98.4 cm³/mol. The monoisotopic (exact) mass is 371 g/mol. The van der Waals surface area contributed by atoms with Crippen LogP contribution in [-0.4, -0.2) is 31.3 Å². The number of rotatable bonds is 2. The third kappa shape index (κ3) is 2.88. The van der Waals surface area contributed by atoms with Crippen LogP contribution in [0.2, 0.25) is 5.02 Å². The minimum absolute atomic E-state index is 0.0445. The second-order valence-corrected chi connectivity index (χ2v) is 6.87. The lowest BCUT2D eigenvalue weighted by Crippen LogP contribution is -2.36. The van der Waals surface area contributed by atoms with Crippen molar-refractivity contribution in [2.75, 3.05) is 0 Å². The molecule has 3 heterocycles. The Kier molecular flexibility index (Phi) is 4.24. The first-order valence-corrected chi connectivity index (χ1v) is 8.89. The second-order valence-electron chi connectivity index (χ2n) is 6.46. The van der Waals surface area contributed by atoms with Gasteiger partial charge in [0, 0.05) is 37.6 Å². The van der Waals surface area contributed by atoms with Gasteiger partial charge in [0.2, 0.25) is 0 Å². The quantitative estimate of drug-likeness (QED) is 0.746. The van der Waals surface area contributed by atoms with Crippen molar-refractivity contribution in [3.8, 4) is 0 Å². The molecule has 26 heavy (non-hydrogen) atoms. The Hall–Kier alpha value is -2.67. The topological polar surface area (TPSA) is 81.8 Å². The summed E-state index contributed by atoms with van der Waals surface area (Å²) in [6.07, 6.45) is 3.73. The minimum Gasteiger partial charge on any atom is -0.349 e. The van der Waals surface area contributed by atoms with Crippen LogP contribution in [0.5, 0.6) is 0 Å². The first kappa shape index (κ1) is 16.8. The molecule has 134 valence electrons. The van der Waals surface area contributed by atoms with Crippen LogP contribution in [0.4, 0.5) is 0 Å². The summed E-state index contributed by atoms with van der Waals surface area (Å²) >= 11 is 6.29. The summed E-state index contributed by atoms with van der Waals surface area (Å²) in [6.45, 7) is 0.539. The Labute approximate surface area is 154 Å². The zero-order valence-corrected chi connectivity index (χ0v) is 15.0. The van der Waals surface area contributed by atoms with E-state index in [1.807, 2.05) is 6.07 Å². The number of pyridine rings is 1. The van der Waals surface area contributed by atoms with E-state index in [0.29, 0.717) is 30.0 Å². The molecule has 0 saturated heterocycles. The fourth-order valence-corrected chi connectivity index (χ4v) is 3.71. The number of benzene rings is 1. The Morgan fingerprint density at radius 1 is 1.31 bits per heavy atom. The molecule has 1 unspecified atom stereocenters. The van der Waals surface area contributed by atoms with Crippen molar-refractivity contribution in [3.63, 3.8) is 0 Å². The summed E-state index contributed by atoms with van der Waals surface area (Å²) in [5.41, 5.74) is 1.05. The van der Waals surface area contributed by atoms with Crippen LogP contribution in [0, 0.1) is 0 Å². The van der Waals surface area contributed by atoms with Gasteiger partial charge in [-0.3, -0.25) is 14.3 Å². The molecule has 1 amide bonds. The predicted octanol–water partition coefficient (Wildman–Crippen LogP) is 1.92. The van der Waals surface area contributed by atoms with Gasteiger partial charge < -0.3 is 5.32 Å². The summed E-state index contributed by atoms with van der Waals surface area (Å²) < 4.78 is 3.04. The number of carbonyl (C=O) groups is 1. The molecule has 1 N–H and O–H groups in total. The normalized spacial score (nSPS) is 16.9. The van der Waals surface area contributed by atoms with E-state index < -0.39 is 0 Å². The summed E-state index contributed by atoms with van der Waals surface area (Å²) in [4.78, 5) is 29.2. The highest BCUT2D eigenvalue weighted by atomic mass is 35.5. The van der Waals surface area contributed by atoms with Crippen LogP contribution in [0.1, 0.15) is 29.0 Å². The zero-order chi connectivity index (χ0) is 18.3. The van der Waals surface area contributed by atoms with E-state index in [-0.39, 0.29) is 17.6 Å². The molecule has 7 nitrogen and oxygen atoms in total. The molecule has 0 spiro atoms. The van der Waals surface area contributed by atoms with E-state index in [0.717, 1.165) is 23.1 Å². The summed E-state index contributed by atoms with van der Waals surface area (Å²) in [5.74, 6) is 0.549. The molecule has 0 fully saturated rings. The molecule has 1 aliphatic rings. The number of nitrogens with zero attached hydrogens (tertiary/aromatic N) is 4. The Morgan fingerprint density at radius 3 is 3.00 bits per heavy atom. The van der Waals surface area contributed by atoms with E-state index in [4.69, 9.17) is 11.6 Å². The Morgan fingerprint density at radius 2 is 2.15 bits per heavy atom. The lowest BCUT2D eigenvalue weighted by molar-refractivity contribution is 0.0934. The number of carbonyl (C=O) groups excluding carboxylic acids is 1. The molecule has 1 atom stereocenters. The van der Waals surface area contributed by atoms with Crippen molar-refractivity contribution in [1.82, 2.24) is 24.6 Å². The maximum atomic E-state index is 12.9. The van der Waals surface area contributed by atoms with E-state index in [1.54, 1.807) is 36.0 Å². The van der Waals surface area contributed by atoms with Gasteiger partial charge in [0.15, 0.2) is 0 Å². The van der Waals surface area contributed by atoms with Crippen molar-refractivity contribution in [2.24, 2.45) is 7.05 Å². The van der Waals surface area contributed by atoms with Crippen molar-refractivity contribution >= 4 is 28.4 Å². The van der Waals surface area contributed by atoms with Crippen LogP contribution in [0.3, 0.4) is 0 Å². The summed E-state index contributed by atoms with van der Waals surface area (Å²) in [7, 11) is 1.65. The molecular formula is C18H18ClN5O2. The van der Waals surface area contributed by atoms with E-state index >= 15 is 0 Å². The van der Waals surface area contributed by atoms with Gasteiger partial charge in [0.1, 0.15) is 5.82 Å². The third-order valence-corrected chi connectivity index (χ3v) is 5.11. The first-order valence-electron chi connectivity index (χ1n) is 8.51. The van der Waals surface area contributed by atoms with E-state index in [2.05, 4.69) is 15.4 Å². The van der Waals surface area contributed by atoms with Gasteiger partial charge in [-0.05, 0) is 31.0 Å². The van der Waals surface area contributed by atoms with Gasteiger partial charge in [-0.25, -0.2) is 9.48 Å². The average molecular weight is 372 g/mol. The smallest absolute Gasteiger partial charge is 0.345 e. The standard InChI is InChI=1S/C18H18ClN5O2/c1-23-18(26)24-10-8-11(4-7-15(24)22-23)21-17(25)16-12-3-2-9-20-14(12)6-5-13(16)19/h2-3,5-6,9,11H,4,7-8,10H2,1H3,(H,21,25). The third-order valence-electron chi connectivity index (χ3n) is 4.80. The maximum absolute atomic E-state index is 12.9. The average Bonchev–Trinajstić information content (AvgIpc) is 2.79. The number of hydrogen-bond acceptors (Lipinski definition) is 4. The molecule has 0 aliphatic carbocycles. The number of aromatic nitrogens is 4. The number of hydrogen-bond donors (Lipinski definition) is 1. The highest BCUT2D eigenvalue weighted by molar-refractivity contribution is 6.35. The first-order chi connectivity index (χ1) is 12.5. The number of halogens is 1.